The third kappa shape index (κ3) is 2.03. The standard InChI is InChI=1S/C15H28O/c1-11(2)12-6-9-14(3)7-5-8-15(4,16)13(14)10-12/h11-13,16H,5-10H2,1-4H3/t12-,13-,14-,15-/m1/s1. The first kappa shape index (κ1) is 12.4. The molecular weight excluding hydrogens is 196 g/mol. The molecule has 94 valence electrons. The van der Waals surface area contributed by atoms with Crippen molar-refractivity contribution < 1.29 is 5.11 Å². The average Bonchev–Trinajstić information content (AvgIpc) is 2.15. The van der Waals surface area contributed by atoms with Crippen molar-refractivity contribution in [3.63, 3.8) is 0 Å². The molecule has 0 unspecified atom stereocenters. The minimum atomic E-state index is -0.402. The third-order valence-electron chi connectivity index (χ3n) is 5.59. The Morgan fingerprint density at radius 1 is 1.12 bits per heavy atom. The Balaban J connectivity index is 2.18. The van der Waals surface area contributed by atoms with Crippen LogP contribution in [0.2, 0.25) is 0 Å². The van der Waals surface area contributed by atoms with E-state index in [2.05, 4.69) is 27.7 Å². The van der Waals surface area contributed by atoms with E-state index in [1.54, 1.807) is 0 Å². The summed E-state index contributed by atoms with van der Waals surface area (Å²) in [6.45, 7) is 9.18. The molecule has 2 rings (SSSR count). The zero-order valence-corrected chi connectivity index (χ0v) is 11.4. The number of aliphatic hydroxyl groups is 1. The number of hydrogen-bond acceptors (Lipinski definition) is 1. The van der Waals surface area contributed by atoms with Crippen LogP contribution in [0.4, 0.5) is 0 Å². The third-order valence-corrected chi connectivity index (χ3v) is 5.59. The van der Waals surface area contributed by atoms with Gasteiger partial charge in [0.05, 0.1) is 5.60 Å². The molecule has 0 heterocycles. The van der Waals surface area contributed by atoms with Gasteiger partial charge in [-0.15, -0.1) is 0 Å². The molecule has 4 atom stereocenters. The average molecular weight is 224 g/mol. The second kappa shape index (κ2) is 4.01. The highest BCUT2D eigenvalue weighted by Crippen LogP contribution is 2.56. The second-order valence-corrected chi connectivity index (χ2v) is 7.20. The van der Waals surface area contributed by atoms with Gasteiger partial charge in [0.1, 0.15) is 0 Å². The molecule has 2 fully saturated rings. The van der Waals surface area contributed by atoms with Crippen molar-refractivity contribution in [3.8, 4) is 0 Å². The summed E-state index contributed by atoms with van der Waals surface area (Å²) in [6.07, 6.45) is 7.52. The lowest BCUT2D eigenvalue weighted by Gasteiger charge is -2.54. The van der Waals surface area contributed by atoms with Crippen molar-refractivity contribution in [2.75, 3.05) is 0 Å². The summed E-state index contributed by atoms with van der Waals surface area (Å²) in [5.74, 6) is 2.15. The molecular formula is C15H28O. The van der Waals surface area contributed by atoms with Crippen LogP contribution in [0.3, 0.4) is 0 Å². The van der Waals surface area contributed by atoms with Crippen molar-refractivity contribution in [2.24, 2.45) is 23.2 Å². The van der Waals surface area contributed by atoms with Crippen LogP contribution >= 0.6 is 0 Å². The first-order chi connectivity index (χ1) is 7.35. The van der Waals surface area contributed by atoms with Crippen LogP contribution in [-0.2, 0) is 0 Å². The van der Waals surface area contributed by atoms with E-state index in [1.165, 1.54) is 32.1 Å². The highest BCUT2D eigenvalue weighted by molar-refractivity contribution is 5.01. The number of rotatable bonds is 1. The van der Waals surface area contributed by atoms with Crippen LogP contribution in [0.1, 0.15) is 66.2 Å². The van der Waals surface area contributed by atoms with Gasteiger partial charge in [0, 0.05) is 0 Å². The lowest BCUT2D eigenvalue weighted by molar-refractivity contribution is -0.126. The van der Waals surface area contributed by atoms with E-state index in [0.29, 0.717) is 11.3 Å². The van der Waals surface area contributed by atoms with Gasteiger partial charge in [-0.3, -0.25) is 0 Å². The topological polar surface area (TPSA) is 20.2 Å². The normalized spacial score (nSPS) is 49.1. The molecule has 0 radical (unpaired) electrons. The summed E-state index contributed by atoms with van der Waals surface area (Å²) in [4.78, 5) is 0. The van der Waals surface area contributed by atoms with Gasteiger partial charge < -0.3 is 5.11 Å². The van der Waals surface area contributed by atoms with Crippen molar-refractivity contribution >= 4 is 0 Å². The molecule has 0 aliphatic heterocycles. The maximum atomic E-state index is 10.6. The van der Waals surface area contributed by atoms with Gasteiger partial charge in [-0.1, -0.05) is 27.2 Å². The fraction of sp³-hybridized carbons (Fsp3) is 1.00. The molecule has 0 aromatic rings. The predicted octanol–water partition coefficient (Wildman–Crippen LogP) is 4.00. The molecule has 1 heteroatoms. The maximum Gasteiger partial charge on any atom is 0.0653 e. The Morgan fingerprint density at radius 2 is 1.81 bits per heavy atom. The van der Waals surface area contributed by atoms with Crippen LogP contribution in [0.5, 0.6) is 0 Å². The molecule has 0 saturated heterocycles. The van der Waals surface area contributed by atoms with Gasteiger partial charge in [-0.2, -0.15) is 0 Å². The Morgan fingerprint density at radius 3 is 2.44 bits per heavy atom. The zero-order chi connectivity index (χ0) is 12.0. The molecule has 0 aromatic carbocycles. The molecule has 0 bridgehead atoms. The minimum Gasteiger partial charge on any atom is -0.390 e. The SMILES string of the molecule is CC(C)[C@@H]1CC[C@@]2(C)CCC[C@@](C)(O)[C@@H]2C1. The largest absolute Gasteiger partial charge is 0.390 e. The molecule has 0 amide bonds. The Labute approximate surface area is 101 Å². The summed E-state index contributed by atoms with van der Waals surface area (Å²) in [5.41, 5.74) is 0.0215. The van der Waals surface area contributed by atoms with Gasteiger partial charge in [-0.25, -0.2) is 0 Å². The lowest BCUT2D eigenvalue weighted by atomic mass is 9.53. The summed E-state index contributed by atoms with van der Waals surface area (Å²) in [6, 6.07) is 0. The van der Waals surface area contributed by atoms with E-state index in [4.69, 9.17) is 0 Å². The molecule has 0 spiro atoms. The Kier molecular flexibility index (Phi) is 3.11. The molecule has 1 N–H and O–H groups in total. The van der Waals surface area contributed by atoms with E-state index >= 15 is 0 Å². The van der Waals surface area contributed by atoms with Crippen LogP contribution in [-0.4, -0.2) is 10.7 Å². The zero-order valence-electron chi connectivity index (χ0n) is 11.4. The van der Waals surface area contributed by atoms with Crippen LogP contribution in [0.15, 0.2) is 0 Å². The second-order valence-electron chi connectivity index (χ2n) is 7.20. The van der Waals surface area contributed by atoms with Crippen molar-refractivity contribution in [3.05, 3.63) is 0 Å². The molecule has 2 saturated carbocycles. The summed E-state index contributed by atoms with van der Waals surface area (Å²) in [5, 5.41) is 10.6. The maximum absolute atomic E-state index is 10.6. The van der Waals surface area contributed by atoms with E-state index in [-0.39, 0.29) is 0 Å². The summed E-state index contributed by atoms with van der Waals surface area (Å²) < 4.78 is 0. The Hall–Kier alpha value is -0.0400. The van der Waals surface area contributed by atoms with E-state index in [0.717, 1.165) is 18.3 Å². The first-order valence-corrected chi connectivity index (χ1v) is 7.07. The fourth-order valence-corrected chi connectivity index (χ4v) is 4.33. The van der Waals surface area contributed by atoms with Crippen LogP contribution < -0.4 is 0 Å². The molecule has 16 heavy (non-hydrogen) atoms. The Bertz CT molecular complexity index is 256. The number of fused-ring (bicyclic) bond motifs is 1. The van der Waals surface area contributed by atoms with E-state index < -0.39 is 5.60 Å². The molecule has 1 nitrogen and oxygen atoms in total. The van der Waals surface area contributed by atoms with Gasteiger partial charge in [-0.05, 0) is 62.2 Å². The highest BCUT2D eigenvalue weighted by atomic mass is 16.3. The lowest BCUT2D eigenvalue weighted by Crippen LogP contribution is -2.51. The summed E-state index contributed by atoms with van der Waals surface area (Å²) in [7, 11) is 0. The van der Waals surface area contributed by atoms with Crippen molar-refractivity contribution in [2.45, 2.75) is 71.8 Å². The van der Waals surface area contributed by atoms with Gasteiger partial charge in [0.2, 0.25) is 0 Å². The minimum absolute atomic E-state index is 0.402. The molecule has 2 aliphatic rings. The van der Waals surface area contributed by atoms with Crippen molar-refractivity contribution in [1.29, 1.82) is 0 Å². The molecule has 2 aliphatic carbocycles. The monoisotopic (exact) mass is 224 g/mol. The quantitative estimate of drug-likeness (QED) is 0.714. The van der Waals surface area contributed by atoms with Gasteiger partial charge in [0.25, 0.3) is 0 Å². The number of hydrogen-bond donors (Lipinski definition) is 1. The van der Waals surface area contributed by atoms with E-state index in [1.807, 2.05) is 0 Å². The smallest absolute Gasteiger partial charge is 0.0653 e. The fourth-order valence-electron chi connectivity index (χ4n) is 4.33. The first-order valence-electron chi connectivity index (χ1n) is 7.07. The summed E-state index contributed by atoms with van der Waals surface area (Å²) >= 11 is 0. The van der Waals surface area contributed by atoms with Crippen molar-refractivity contribution in [1.82, 2.24) is 0 Å². The van der Waals surface area contributed by atoms with Gasteiger partial charge in [0.15, 0.2) is 0 Å². The van der Waals surface area contributed by atoms with E-state index in [9.17, 15) is 5.11 Å². The highest BCUT2D eigenvalue weighted by Gasteiger charge is 2.50. The van der Waals surface area contributed by atoms with Gasteiger partial charge >= 0.3 is 0 Å². The van der Waals surface area contributed by atoms with Crippen LogP contribution in [0, 0.1) is 23.2 Å². The molecule has 0 aromatic heterocycles. The van der Waals surface area contributed by atoms with Crippen LogP contribution in [0.25, 0.3) is 0 Å². The predicted molar refractivity (Wildman–Crippen MR) is 68.3 cm³/mol.